The third-order valence-electron chi connectivity index (χ3n) is 13.0. The van der Waals surface area contributed by atoms with Gasteiger partial charge in [-0.15, -0.1) is 0 Å². The number of aliphatic hydroxyl groups is 1. The highest BCUT2D eigenvalue weighted by atomic mass is 16.3. The van der Waals surface area contributed by atoms with E-state index in [1.165, 1.54) is 24.8 Å². The summed E-state index contributed by atoms with van der Waals surface area (Å²) in [5.41, 5.74) is 1.53. The first-order valence-corrected chi connectivity index (χ1v) is 13.8. The minimum atomic E-state index is -0.483. The maximum absolute atomic E-state index is 13.2. The van der Waals surface area contributed by atoms with Gasteiger partial charge in [-0.25, -0.2) is 0 Å². The Morgan fingerprint density at radius 1 is 1.03 bits per heavy atom. The number of carbonyl (C=O) groups is 1. The predicted molar refractivity (Wildman–Crippen MR) is 136 cm³/mol. The lowest BCUT2D eigenvalue weighted by Gasteiger charge is -2.71. The average Bonchev–Trinajstić information content (AvgIpc) is 3.17. The molecule has 4 saturated carbocycles. The molecule has 0 radical (unpaired) electrons. The summed E-state index contributed by atoms with van der Waals surface area (Å²) in [6.07, 6.45) is 11.3. The quantitative estimate of drug-likeness (QED) is 0.454. The number of hydrogen-bond donors (Lipinski definition) is 1. The number of carbonyl (C=O) groups excluding carboxylic acids is 1. The Balaban J connectivity index is 1.61. The van der Waals surface area contributed by atoms with Gasteiger partial charge in [0.25, 0.3) is 0 Å². The fourth-order valence-electron chi connectivity index (χ4n) is 11.2. The number of allylic oxidation sites excluding steroid dienone is 3. The molecule has 5 rings (SSSR count). The van der Waals surface area contributed by atoms with Gasteiger partial charge in [-0.1, -0.05) is 52.8 Å². The highest BCUT2D eigenvalue weighted by molar-refractivity contribution is 6.04. The number of nitriles is 1. The molecule has 0 unspecified atom stereocenters. The Labute approximate surface area is 207 Å². The lowest BCUT2D eigenvalue weighted by atomic mass is 9.33. The Hall–Kier alpha value is -1.40. The van der Waals surface area contributed by atoms with Crippen LogP contribution in [-0.4, -0.2) is 17.5 Å². The summed E-state index contributed by atoms with van der Waals surface area (Å²) >= 11 is 0. The molecule has 0 aromatic rings. The van der Waals surface area contributed by atoms with Gasteiger partial charge in [-0.05, 0) is 110 Å². The molecule has 0 heterocycles. The Morgan fingerprint density at radius 2 is 1.74 bits per heavy atom. The van der Waals surface area contributed by atoms with Crippen molar-refractivity contribution in [2.24, 2.45) is 56.7 Å². The van der Waals surface area contributed by atoms with Crippen molar-refractivity contribution in [2.45, 2.75) is 92.9 Å². The molecule has 4 fully saturated rings. The fourth-order valence-corrected chi connectivity index (χ4v) is 11.2. The van der Waals surface area contributed by atoms with Gasteiger partial charge < -0.3 is 5.11 Å². The summed E-state index contributed by atoms with van der Waals surface area (Å²) in [7, 11) is 0. The molecule has 0 bridgehead atoms. The minimum Gasteiger partial charge on any atom is -0.396 e. The van der Waals surface area contributed by atoms with Crippen molar-refractivity contribution in [3.63, 3.8) is 0 Å². The van der Waals surface area contributed by atoms with E-state index < -0.39 is 5.41 Å². The van der Waals surface area contributed by atoms with Crippen molar-refractivity contribution in [1.29, 1.82) is 5.26 Å². The van der Waals surface area contributed by atoms with E-state index in [0.717, 1.165) is 32.1 Å². The van der Waals surface area contributed by atoms with E-state index in [0.29, 0.717) is 35.9 Å². The topological polar surface area (TPSA) is 61.1 Å². The molecule has 5 aliphatic carbocycles. The first kappa shape index (κ1) is 24.3. The Kier molecular flexibility index (Phi) is 5.23. The van der Waals surface area contributed by atoms with E-state index in [1.54, 1.807) is 0 Å². The first-order chi connectivity index (χ1) is 15.8. The highest BCUT2D eigenvalue weighted by Crippen LogP contribution is 2.76. The maximum Gasteiger partial charge on any atom is 0.178 e. The monoisotopic (exact) mass is 463 g/mol. The zero-order valence-electron chi connectivity index (χ0n) is 22.3. The second-order valence-electron chi connectivity index (χ2n) is 14.3. The summed E-state index contributed by atoms with van der Waals surface area (Å²) in [5.74, 6) is 2.48. The lowest BCUT2D eigenvalue weighted by molar-refractivity contribution is -0.221. The van der Waals surface area contributed by atoms with E-state index in [-0.39, 0.29) is 33.4 Å². The van der Waals surface area contributed by atoms with Crippen LogP contribution in [0, 0.1) is 68.0 Å². The molecule has 1 N–H and O–H groups in total. The van der Waals surface area contributed by atoms with Crippen LogP contribution in [0.3, 0.4) is 0 Å². The number of aliphatic hydroxyl groups excluding tert-OH is 1. The molecule has 186 valence electrons. The third kappa shape index (κ3) is 2.70. The van der Waals surface area contributed by atoms with Crippen LogP contribution in [0.5, 0.6) is 0 Å². The van der Waals surface area contributed by atoms with E-state index in [4.69, 9.17) is 0 Å². The van der Waals surface area contributed by atoms with Crippen LogP contribution in [0.4, 0.5) is 0 Å². The van der Waals surface area contributed by atoms with Gasteiger partial charge >= 0.3 is 0 Å². The van der Waals surface area contributed by atoms with Crippen molar-refractivity contribution in [3.05, 3.63) is 23.8 Å². The van der Waals surface area contributed by atoms with Crippen LogP contribution in [0.15, 0.2) is 23.8 Å². The highest BCUT2D eigenvalue weighted by Gasteiger charge is 2.70. The van der Waals surface area contributed by atoms with Crippen molar-refractivity contribution < 1.29 is 9.90 Å². The van der Waals surface area contributed by atoms with Gasteiger partial charge in [-0.3, -0.25) is 4.79 Å². The number of fused-ring (bicyclic) bond motifs is 7. The smallest absolute Gasteiger partial charge is 0.178 e. The van der Waals surface area contributed by atoms with Crippen LogP contribution >= 0.6 is 0 Å². The predicted octanol–water partition coefficient (Wildman–Crippen LogP) is 6.88. The summed E-state index contributed by atoms with van der Waals surface area (Å²) in [6.45, 7) is 18.6. The summed E-state index contributed by atoms with van der Waals surface area (Å²) in [5, 5.41) is 20.5. The van der Waals surface area contributed by atoms with Gasteiger partial charge in [0.05, 0.1) is 5.57 Å². The van der Waals surface area contributed by atoms with Crippen LogP contribution in [0.1, 0.15) is 92.9 Å². The standard InChI is InChI=1S/C31H45NO2/c1-19(2)21-10-13-31(18-33)15-14-29(6)22(25(21)31)8-9-24-28(5)16-20(17-32)26(34)27(3,4)23(28)11-12-30(24,29)7/h16,21-25,33H,1,8-15,18H2,2-7H3/t21-,22+,23-,24+,25+,28-,29+,30+,31+/m0/s1. The SMILES string of the molecule is C=C(C)[C@@H]1CC[C@]2(CO)CC[C@]3(C)[C@H](CC[C@@H]4[C@@]5(C)C=C(C#N)C(=O)C(C)(C)[C@@H]5CC[C@]43C)[C@@H]12. The molecule has 0 aromatic heterocycles. The van der Waals surface area contributed by atoms with Crippen molar-refractivity contribution in [3.8, 4) is 6.07 Å². The largest absolute Gasteiger partial charge is 0.396 e. The molecule has 0 aliphatic heterocycles. The van der Waals surface area contributed by atoms with E-state index in [2.05, 4.69) is 60.3 Å². The summed E-state index contributed by atoms with van der Waals surface area (Å²) < 4.78 is 0. The normalized spacial score (nSPS) is 51.3. The second kappa shape index (κ2) is 7.32. The molecule has 0 aromatic carbocycles. The van der Waals surface area contributed by atoms with Crippen LogP contribution in [0.25, 0.3) is 0 Å². The van der Waals surface area contributed by atoms with Gasteiger partial charge in [-0.2, -0.15) is 5.26 Å². The molecule has 0 saturated heterocycles. The maximum atomic E-state index is 13.2. The minimum absolute atomic E-state index is 0.0432. The van der Waals surface area contributed by atoms with Crippen molar-refractivity contribution >= 4 is 5.78 Å². The number of Topliss-reactive ketones (excluding diaryl/α,β-unsaturated/α-hetero) is 1. The van der Waals surface area contributed by atoms with Gasteiger partial charge in [0.15, 0.2) is 5.78 Å². The molecule has 9 atom stereocenters. The van der Waals surface area contributed by atoms with Crippen LogP contribution in [-0.2, 0) is 4.79 Å². The van der Waals surface area contributed by atoms with Gasteiger partial charge in [0.1, 0.15) is 6.07 Å². The molecule has 0 amide bonds. The summed E-state index contributed by atoms with van der Waals surface area (Å²) in [6, 6.07) is 2.28. The van der Waals surface area contributed by atoms with Crippen molar-refractivity contribution in [2.75, 3.05) is 6.61 Å². The van der Waals surface area contributed by atoms with E-state index in [9.17, 15) is 15.2 Å². The molecule has 3 nitrogen and oxygen atoms in total. The molecular weight excluding hydrogens is 418 g/mol. The molecule has 0 spiro atoms. The van der Waals surface area contributed by atoms with E-state index >= 15 is 0 Å². The number of rotatable bonds is 2. The zero-order valence-corrected chi connectivity index (χ0v) is 22.3. The Morgan fingerprint density at radius 3 is 2.35 bits per heavy atom. The van der Waals surface area contributed by atoms with Crippen molar-refractivity contribution in [1.82, 2.24) is 0 Å². The number of nitrogens with zero attached hydrogens (tertiary/aromatic N) is 1. The molecule has 3 heteroatoms. The number of hydrogen-bond acceptors (Lipinski definition) is 3. The molecule has 34 heavy (non-hydrogen) atoms. The Bertz CT molecular complexity index is 1000. The second-order valence-corrected chi connectivity index (χ2v) is 14.3. The number of ketones is 1. The van der Waals surface area contributed by atoms with Gasteiger partial charge in [0, 0.05) is 12.0 Å². The third-order valence-corrected chi connectivity index (χ3v) is 13.0. The van der Waals surface area contributed by atoms with E-state index in [1.807, 2.05) is 0 Å². The average molecular weight is 464 g/mol. The fraction of sp³-hybridized carbons (Fsp3) is 0.806. The summed E-state index contributed by atoms with van der Waals surface area (Å²) in [4.78, 5) is 13.2. The zero-order chi connectivity index (χ0) is 24.9. The molecule has 5 aliphatic rings. The van der Waals surface area contributed by atoms with Crippen LogP contribution in [0.2, 0.25) is 0 Å². The van der Waals surface area contributed by atoms with Gasteiger partial charge in [0.2, 0.25) is 0 Å². The lowest BCUT2D eigenvalue weighted by Crippen LogP contribution is -2.66. The van der Waals surface area contributed by atoms with Crippen LogP contribution < -0.4 is 0 Å². The first-order valence-electron chi connectivity index (χ1n) is 13.8. The molecular formula is C31H45NO2.